The van der Waals surface area contributed by atoms with E-state index < -0.39 is 0 Å². The summed E-state index contributed by atoms with van der Waals surface area (Å²) >= 11 is 0. The molecule has 0 aromatic carbocycles. The van der Waals surface area contributed by atoms with Crippen LogP contribution in [0.5, 0.6) is 0 Å². The van der Waals surface area contributed by atoms with E-state index in [9.17, 15) is 4.79 Å². The zero-order chi connectivity index (χ0) is 11.9. The quantitative estimate of drug-likeness (QED) is 0.647. The van der Waals surface area contributed by atoms with E-state index in [1.807, 2.05) is 10.8 Å². The first kappa shape index (κ1) is 12.1. The number of hydrogen-bond donors (Lipinski definition) is 2. The second-order valence-electron chi connectivity index (χ2n) is 4.48. The molecular weight excluding hydrogens is 216 g/mol. The van der Waals surface area contributed by atoms with Crippen LogP contribution >= 0.6 is 0 Å². The Balaban J connectivity index is 1.45. The van der Waals surface area contributed by atoms with Gasteiger partial charge in [0.1, 0.15) is 0 Å². The van der Waals surface area contributed by atoms with Crippen molar-refractivity contribution in [1.29, 1.82) is 0 Å². The van der Waals surface area contributed by atoms with Gasteiger partial charge in [-0.05, 0) is 25.8 Å². The first-order valence-corrected chi connectivity index (χ1v) is 6.30. The first-order valence-electron chi connectivity index (χ1n) is 6.30. The highest BCUT2D eigenvalue weighted by Crippen LogP contribution is 2.18. The zero-order valence-corrected chi connectivity index (χ0v) is 10.1. The minimum atomic E-state index is 0.116. The molecule has 1 amide bonds. The fraction of sp³-hybridized carbons (Fsp3) is 0.667. The van der Waals surface area contributed by atoms with Crippen molar-refractivity contribution in [3.8, 4) is 0 Å². The Labute approximate surface area is 102 Å². The number of imidazole rings is 1. The predicted octanol–water partition coefficient (Wildman–Crippen LogP) is 0.531. The van der Waals surface area contributed by atoms with Crippen LogP contribution in [0, 0.1) is 0 Å². The number of carbonyl (C=O) groups is 1. The number of carbonyl (C=O) groups excluding carboxylic acids is 1. The molecule has 0 spiro atoms. The fourth-order valence-corrected chi connectivity index (χ4v) is 1.65. The molecular formula is C12H20N4O. The van der Waals surface area contributed by atoms with Gasteiger partial charge in [-0.25, -0.2) is 4.98 Å². The molecule has 0 bridgehead atoms. The summed E-state index contributed by atoms with van der Waals surface area (Å²) < 4.78 is 1.91. The maximum atomic E-state index is 11.5. The molecule has 94 valence electrons. The Morgan fingerprint density at radius 3 is 3.00 bits per heavy atom. The van der Waals surface area contributed by atoms with Gasteiger partial charge in [0.2, 0.25) is 5.91 Å². The predicted molar refractivity (Wildman–Crippen MR) is 65.5 cm³/mol. The molecule has 5 heteroatoms. The molecule has 5 nitrogen and oxygen atoms in total. The van der Waals surface area contributed by atoms with Crippen molar-refractivity contribution in [2.75, 3.05) is 13.1 Å². The number of aryl methyl sites for hydroxylation is 1. The van der Waals surface area contributed by atoms with Gasteiger partial charge in [-0.2, -0.15) is 0 Å². The van der Waals surface area contributed by atoms with Crippen molar-refractivity contribution in [2.24, 2.45) is 0 Å². The second-order valence-corrected chi connectivity index (χ2v) is 4.48. The molecule has 2 rings (SSSR count). The Kier molecular flexibility index (Phi) is 4.55. The van der Waals surface area contributed by atoms with Gasteiger partial charge in [-0.3, -0.25) is 4.79 Å². The molecule has 1 saturated carbocycles. The van der Waals surface area contributed by atoms with Gasteiger partial charge in [0.25, 0.3) is 0 Å². The standard InChI is InChI=1S/C12H20N4O/c17-12(4-8-16-9-7-13-10-16)15-6-1-5-14-11-2-3-11/h7,9-11,14H,1-6,8H2,(H,15,17). The normalized spacial score (nSPS) is 14.8. The van der Waals surface area contributed by atoms with Crippen LogP contribution in [0.1, 0.15) is 25.7 Å². The topological polar surface area (TPSA) is 59.0 Å². The summed E-state index contributed by atoms with van der Waals surface area (Å²) in [5.41, 5.74) is 0. The molecule has 0 atom stereocenters. The lowest BCUT2D eigenvalue weighted by atomic mass is 10.3. The summed E-state index contributed by atoms with van der Waals surface area (Å²) in [7, 11) is 0. The van der Waals surface area contributed by atoms with Crippen molar-refractivity contribution in [3.63, 3.8) is 0 Å². The lowest BCUT2D eigenvalue weighted by Crippen LogP contribution is -2.28. The van der Waals surface area contributed by atoms with Crippen molar-refractivity contribution >= 4 is 5.91 Å². The molecule has 0 radical (unpaired) electrons. The molecule has 1 heterocycles. The number of nitrogens with zero attached hydrogens (tertiary/aromatic N) is 2. The van der Waals surface area contributed by atoms with Gasteiger partial charge in [-0.1, -0.05) is 0 Å². The van der Waals surface area contributed by atoms with E-state index >= 15 is 0 Å². The molecule has 0 aliphatic heterocycles. The Bertz CT molecular complexity index is 332. The summed E-state index contributed by atoms with van der Waals surface area (Å²) in [5, 5.41) is 6.35. The first-order chi connectivity index (χ1) is 8.34. The van der Waals surface area contributed by atoms with Crippen LogP contribution in [-0.4, -0.2) is 34.6 Å². The maximum absolute atomic E-state index is 11.5. The maximum Gasteiger partial charge on any atom is 0.221 e. The van der Waals surface area contributed by atoms with Crippen molar-refractivity contribution in [3.05, 3.63) is 18.7 Å². The Morgan fingerprint density at radius 2 is 2.29 bits per heavy atom. The average molecular weight is 236 g/mol. The van der Waals surface area contributed by atoms with Crippen LogP contribution in [0.25, 0.3) is 0 Å². The number of hydrogen-bond acceptors (Lipinski definition) is 3. The highest BCUT2D eigenvalue weighted by molar-refractivity contribution is 5.75. The van der Waals surface area contributed by atoms with Crippen LogP contribution in [-0.2, 0) is 11.3 Å². The van der Waals surface area contributed by atoms with Crippen LogP contribution in [0.2, 0.25) is 0 Å². The fourth-order valence-electron chi connectivity index (χ4n) is 1.65. The lowest BCUT2D eigenvalue weighted by Gasteiger charge is -2.06. The van der Waals surface area contributed by atoms with Gasteiger partial charge in [0.05, 0.1) is 6.33 Å². The molecule has 1 aliphatic rings. The smallest absolute Gasteiger partial charge is 0.221 e. The van der Waals surface area contributed by atoms with Crippen molar-refractivity contribution < 1.29 is 4.79 Å². The van der Waals surface area contributed by atoms with E-state index in [2.05, 4.69) is 15.6 Å². The van der Waals surface area contributed by atoms with Crippen molar-refractivity contribution in [1.82, 2.24) is 20.2 Å². The van der Waals surface area contributed by atoms with Gasteiger partial charge in [-0.15, -0.1) is 0 Å². The van der Waals surface area contributed by atoms with Crippen LogP contribution in [0.3, 0.4) is 0 Å². The van der Waals surface area contributed by atoms with Gasteiger partial charge >= 0.3 is 0 Å². The molecule has 1 aromatic rings. The van der Waals surface area contributed by atoms with E-state index in [0.29, 0.717) is 13.0 Å². The summed E-state index contributed by atoms with van der Waals surface area (Å²) in [6.07, 6.45) is 9.48. The molecule has 1 aromatic heterocycles. The third-order valence-corrected chi connectivity index (χ3v) is 2.84. The van der Waals surface area contributed by atoms with Crippen LogP contribution in [0.4, 0.5) is 0 Å². The van der Waals surface area contributed by atoms with E-state index in [1.165, 1.54) is 12.8 Å². The zero-order valence-electron chi connectivity index (χ0n) is 10.1. The lowest BCUT2D eigenvalue weighted by molar-refractivity contribution is -0.121. The minimum absolute atomic E-state index is 0.116. The average Bonchev–Trinajstić information content (AvgIpc) is 3.00. The largest absolute Gasteiger partial charge is 0.356 e. The highest BCUT2D eigenvalue weighted by Gasteiger charge is 2.19. The Morgan fingerprint density at radius 1 is 1.41 bits per heavy atom. The van der Waals surface area contributed by atoms with Gasteiger partial charge in [0.15, 0.2) is 0 Å². The van der Waals surface area contributed by atoms with Crippen LogP contribution in [0.15, 0.2) is 18.7 Å². The number of rotatable bonds is 8. The van der Waals surface area contributed by atoms with Crippen LogP contribution < -0.4 is 10.6 Å². The summed E-state index contributed by atoms with van der Waals surface area (Å²) in [4.78, 5) is 15.4. The summed E-state index contributed by atoms with van der Waals surface area (Å²) in [6, 6.07) is 0.756. The van der Waals surface area contributed by atoms with E-state index in [-0.39, 0.29) is 5.91 Å². The van der Waals surface area contributed by atoms with Gasteiger partial charge < -0.3 is 15.2 Å². The highest BCUT2D eigenvalue weighted by atomic mass is 16.1. The molecule has 17 heavy (non-hydrogen) atoms. The SMILES string of the molecule is O=C(CCn1ccnc1)NCCCNC1CC1. The van der Waals surface area contributed by atoms with Crippen molar-refractivity contribution in [2.45, 2.75) is 38.3 Å². The number of aromatic nitrogens is 2. The molecule has 2 N–H and O–H groups in total. The molecule has 1 fully saturated rings. The van der Waals surface area contributed by atoms with E-state index in [4.69, 9.17) is 0 Å². The molecule has 0 saturated heterocycles. The Hall–Kier alpha value is -1.36. The minimum Gasteiger partial charge on any atom is -0.356 e. The van der Waals surface area contributed by atoms with E-state index in [0.717, 1.165) is 25.6 Å². The molecule has 1 aliphatic carbocycles. The summed E-state index contributed by atoms with van der Waals surface area (Å²) in [6.45, 7) is 2.47. The summed E-state index contributed by atoms with van der Waals surface area (Å²) in [5.74, 6) is 0.116. The van der Waals surface area contributed by atoms with E-state index in [1.54, 1.807) is 12.5 Å². The second kappa shape index (κ2) is 6.39. The molecule has 0 unspecified atom stereocenters. The van der Waals surface area contributed by atoms with Gasteiger partial charge in [0, 0.05) is 37.9 Å². The third-order valence-electron chi connectivity index (χ3n) is 2.84. The number of amides is 1. The third kappa shape index (κ3) is 4.99. The monoisotopic (exact) mass is 236 g/mol. The number of nitrogens with one attached hydrogen (secondary N) is 2.